The van der Waals surface area contributed by atoms with Crippen molar-refractivity contribution in [3.8, 4) is 18.4 Å². The average molecular weight is 292 g/mol. The zero-order valence-corrected chi connectivity index (χ0v) is 11.4. The topological polar surface area (TPSA) is 107 Å². The van der Waals surface area contributed by atoms with Crippen molar-refractivity contribution in [2.24, 2.45) is 0 Å². The van der Waals surface area contributed by atoms with Crippen LogP contribution in [0.1, 0.15) is 17.5 Å². The van der Waals surface area contributed by atoms with Crippen molar-refractivity contribution in [3.63, 3.8) is 0 Å². The van der Waals surface area contributed by atoms with Crippen LogP contribution in [0.15, 0.2) is 23.1 Å². The molecule has 1 aromatic rings. The van der Waals surface area contributed by atoms with Gasteiger partial charge < -0.3 is 5.11 Å². The molecule has 0 aromatic heterocycles. The summed E-state index contributed by atoms with van der Waals surface area (Å²) in [6.45, 7) is 1.55. The number of aliphatic carboxylic acids is 1. The Labute approximate surface area is 117 Å². The predicted octanol–water partition coefficient (Wildman–Crippen LogP) is 0.622. The van der Waals surface area contributed by atoms with Gasteiger partial charge in [0, 0.05) is 6.42 Å². The van der Waals surface area contributed by atoms with Gasteiger partial charge in [-0.25, -0.2) is 8.42 Å². The summed E-state index contributed by atoms with van der Waals surface area (Å²) in [5.41, 5.74) is 0.571. The summed E-state index contributed by atoms with van der Waals surface area (Å²) in [5, 5.41) is 17.7. The van der Waals surface area contributed by atoms with E-state index in [1.165, 1.54) is 18.2 Å². The van der Waals surface area contributed by atoms with Crippen molar-refractivity contribution in [3.05, 3.63) is 29.3 Å². The van der Waals surface area contributed by atoms with Crippen LogP contribution in [0.2, 0.25) is 0 Å². The maximum atomic E-state index is 12.2. The van der Waals surface area contributed by atoms with E-state index in [-0.39, 0.29) is 16.9 Å². The third-order valence-electron chi connectivity index (χ3n) is 2.52. The molecule has 0 radical (unpaired) electrons. The van der Waals surface area contributed by atoms with Gasteiger partial charge in [0.25, 0.3) is 0 Å². The molecule has 0 aliphatic carbocycles. The van der Waals surface area contributed by atoms with Crippen molar-refractivity contribution in [1.82, 2.24) is 4.72 Å². The van der Waals surface area contributed by atoms with Gasteiger partial charge in [0.05, 0.1) is 16.5 Å². The monoisotopic (exact) mass is 292 g/mol. The molecule has 0 aliphatic heterocycles. The lowest BCUT2D eigenvalue weighted by Crippen LogP contribution is -2.40. The first-order valence-corrected chi connectivity index (χ1v) is 6.99. The van der Waals surface area contributed by atoms with Crippen molar-refractivity contribution >= 4 is 16.0 Å². The van der Waals surface area contributed by atoms with Gasteiger partial charge in [-0.15, -0.1) is 12.3 Å². The molecule has 0 saturated heterocycles. The highest BCUT2D eigenvalue weighted by molar-refractivity contribution is 7.89. The number of carbonyl (C=O) groups is 1. The lowest BCUT2D eigenvalue weighted by molar-refractivity contribution is -0.138. The second-order valence-electron chi connectivity index (χ2n) is 4.01. The van der Waals surface area contributed by atoms with Gasteiger partial charge in [-0.05, 0) is 24.6 Å². The molecule has 7 heteroatoms. The number of aryl methyl sites for hydroxylation is 1. The lowest BCUT2D eigenvalue weighted by atomic mass is 10.2. The molecule has 2 N–H and O–H groups in total. The first-order chi connectivity index (χ1) is 9.31. The van der Waals surface area contributed by atoms with E-state index in [9.17, 15) is 13.2 Å². The summed E-state index contributed by atoms with van der Waals surface area (Å²) in [4.78, 5) is 10.8. The fourth-order valence-corrected chi connectivity index (χ4v) is 2.97. The summed E-state index contributed by atoms with van der Waals surface area (Å²) in [6, 6.07) is 4.56. The van der Waals surface area contributed by atoms with Crippen LogP contribution in [0.25, 0.3) is 0 Å². The van der Waals surface area contributed by atoms with Crippen LogP contribution in [0, 0.1) is 30.6 Å². The number of hydrogen-bond acceptors (Lipinski definition) is 4. The summed E-state index contributed by atoms with van der Waals surface area (Å²) in [5.74, 6) is 0.740. The first-order valence-electron chi connectivity index (χ1n) is 5.51. The van der Waals surface area contributed by atoms with E-state index in [1.807, 2.05) is 10.8 Å². The number of nitrogens with one attached hydrogen (secondary N) is 1. The zero-order chi connectivity index (χ0) is 15.3. The molecule has 20 heavy (non-hydrogen) atoms. The molecular formula is C13H12N2O4S. The summed E-state index contributed by atoms with van der Waals surface area (Å²) in [6.07, 6.45) is 4.74. The number of carboxylic acid groups (broad SMARTS) is 1. The molecule has 0 amide bonds. The molecule has 1 atom stereocenters. The van der Waals surface area contributed by atoms with Gasteiger partial charge >= 0.3 is 5.97 Å². The minimum absolute atomic E-state index is 0.139. The molecule has 0 heterocycles. The number of benzene rings is 1. The Hall–Kier alpha value is -2.35. The Bertz CT molecular complexity index is 711. The summed E-state index contributed by atoms with van der Waals surface area (Å²) < 4.78 is 26.3. The maximum absolute atomic E-state index is 12.2. The molecule has 104 valence electrons. The Kier molecular flexibility index (Phi) is 4.87. The van der Waals surface area contributed by atoms with E-state index in [2.05, 4.69) is 5.92 Å². The average Bonchev–Trinajstić information content (AvgIpc) is 2.38. The minimum Gasteiger partial charge on any atom is -0.480 e. The van der Waals surface area contributed by atoms with E-state index < -0.39 is 22.0 Å². The molecule has 0 spiro atoms. The zero-order valence-electron chi connectivity index (χ0n) is 10.6. The normalized spacial score (nSPS) is 12.2. The van der Waals surface area contributed by atoms with E-state index in [4.69, 9.17) is 16.8 Å². The molecule has 6 nitrogen and oxygen atoms in total. The minimum atomic E-state index is -4.07. The van der Waals surface area contributed by atoms with Gasteiger partial charge in [-0.3, -0.25) is 4.79 Å². The summed E-state index contributed by atoms with van der Waals surface area (Å²) in [7, 11) is -4.07. The highest BCUT2D eigenvalue weighted by Gasteiger charge is 2.26. The van der Waals surface area contributed by atoms with Gasteiger partial charge in [0.2, 0.25) is 10.0 Å². The second-order valence-corrected chi connectivity index (χ2v) is 5.69. The number of nitriles is 1. The number of sulfonamides is 1. The molecule has 1 unspecified atom stereocenters. The van der Waals surface area contributed by atoms with Crippen LogP contribution in [0.5, 0.6) is 0 Å². The van der Waals surface area contributed by atoms with Crippen LogP contribution >= 0.6 is 0 Å². The van der Waals surface area contributed by atoms with Crippen LogP contribution in [0.3, 0.4) is 0 Å². The fourth-order valence-electron chi connectivity index (χ4n) is 1.51. The number of nitrogens with zero attached hydrogens (tertiary/aromatic N) is 1. The highest BCUT2D eigenvalue weighted by atomic mass is 32.2. The van der Waals surface area contributed by atoms with Crippen LogP contribution in [-0.4, -0.2) is 25.5 Å². The summed E-state index contributed by atoms with van der Waals surface area (Å²) >= 11 is 0. The predicted molar refractivity (Wildman–Crippen MR) is 71.1 cm³/mol. The maximum Gasteiger partial charge on any atom is 0.322 e. The fraction of sp³-hybridized carbons (Fsp3) is 0.231. The van der Waals surface area contributed by atoms with Crippen LogP contribution in [0.4, 0.5) is 0 Å². The quantitative estimate of drug-likeness (QED) is 0.774. The Morgan fingerprint density at radius 3 is 2.70 bits per heavy atom. The number of rotatable bonds is 5. The van der Waals surface area contributed by atoms with Gasteiger partial charge in [0.1, 0.15) is 6.04 Å². The van der Waals surface area contributed by atoms with E-state index in [1.54, 1.807) is 6.92 Å². The molecule has 0 aliphatic rings. The van der Waals surface area contributed by atoms with Crippen molar-refractivity contribution in [2.45, 2.75) is 24.3 Å². The third kappa shape index (κ3) is 3.58. The van der Waals surface area contributed by atoms with Crippen molar-refractivity contribution < 1.29 is 18.3 Å². The number of carboxylic acids is 1. The highest BCUT2D eigenvalue weighted by Crippen LogP contribution is 2.17. The lowest BCUT2D eigenvalue weighted by Gasteiger charge is -2.14. The first kappa shape index (κ1) is 15.7. The molecular weight excluding hydrogens is 280 g/mol. The van der Waals surface area contributed by atoms with E-state index in [0.717, 1.165) is 0 Å². The molecule has 1 rings (SSSR count). The van der Waals surface area contributed by atoms with Crippen molar-refractivity contribution in [1.29, 1.82) is 5.26 Å². The number of terminal acetylenes is 1. The Morgan fingerprint density at radius 1 is 1.55 bits per heavy atom. The molecule has 1 aromatic carbocycles. The standard InChI is InChI=1S/C13H12N2O4S/c1-3-4-11(13(16)17)15-20(18,19)12-7-10(8-14)6-5-9(12)2/h1,5-7,11,15H,4H2,2H3,(H,16,17). The molecule has 0 bridgehead atoms. The van der Waals surface area contributed by atoms with E-state index >= 15 is 0 Å². The Balaban J connectivity index is 3.21. The van der Waals surface area contributed by atoms with Crippen LogP contribution < -0.4 is 4.72 Å². The van der Waals surface area contributed by atoms with Crippen molar-refractivity contribution in [2.75, 3.05) is 0 Å². The molecule has 0 saturated carbocycles. The smallest absolute Gasteiger partial charge is 0.322 e. The number of hydrogen-bond donors (Lipinski definition) is 2. The third-order valence-corrected chi connectivity index (χ3v) is 4.14. The SMILES string of the molecule is C#CCC(NS(=O)(=O)c1cc(C#N)ccc1C)C(=O)O. The Morgan fingerprint density at radius 2 is 2.20 bits per heavy atom. The van der Waals surface area contributed by atoms with Gasteiger partial charge in [-0.2, -0.15) is 9.98 Å². The van der Waals surface area contributed by atoms with Gasteiger partial charge in [0.15, 0.2) is 0 Å². The van der Waals surface area contributed by atoms with E-state index in [0.29, 0.717) is 5.56 Å². The van der Waals surface area contributed by atoms with Crippen LogP contribution in [-0.2, 0) is 14.8 Å². The second kappa shape index (κ2) is 6.20. The van der Waals surface area contributed by atoms with Gasteiger partial charge in [-0.1, -0.05) is 6.07 Å². The largest absolute Gasteiger partial charge is 0.480 e. The molecule has 0 fully saturated rings.